The van der Waals surface area contributed by atoms with E-state index in [1.807, 2.05) is 0 Å². The van der Waals surface area contributed by atoms with Gasteiger partial charge in [-0.1, -0.05) is 27.2 Å². The van der Waals surface area contributed by atoms with Crippen LogP contribution in [0.3, 0.4) is 0 Å². The largest absolute Gasteiger partial charge is 0.329 e. The standard InChI is InChI=1S/C17H34N2/c1-4-15-6-5-11-19(12-15)17(13-18)9-7-16(8-10-17)14(2)3/h14-16H,4-13,18H2,1-3H3. The fourth-order valence-corrected chi connectivity index (χ4v) is 4.32. The lowest BCUT2D eigenvalue weighted by atomic mass is 9.71. The van der Waals surface area contributed by atoms with Crippen LogP contribution in [-0.4, -0.2) is 30.1 Å². The van der Waals surface area contributed by atoms with Gasteiger partial charge in [-0.15, -0.1) is 0 Å². The molecule has 112 valence electrons. The zero-order chi connectivity index (χ0) is 13.9. The molecule has 0 spiro atoms. The first-order valence-electron chi connectivity index (χ1n) is 8.56. The molecule has 2 fully saturated rings. The molecule has 1 atom stereocenters. The molecule has 1 saturated carbocycles. The van der Waals surface area contributed by atoms with E-state index in [4.69, 9.17) is 5.73 Å². The van der Waals surface area contributed by atoms with Gasteiger partial charge in [-0.2, -0.15) is 0 Å². The summed E-state index contributed by atoms with van der Waals surface area (Å²) in [5.74, 6) is 2.70. The molecule has 2 aliphatic rings. The molecule has 0 radical (unpaired) electrons. The zero-order valence-corrected chi connectivity index (χ0v) is 13.3. The summed E-state index contributed by atoms with van der Waals surface area (Å²) in [4.78, 5) is 2.78. The number of nitrogens with zero attached hydrogens (tertiary/aromatic N) is 1. The molecule has 19 heavy (non-hydrogen) atoms. The molecule has 1 saturated heterocycles. The van der Waals surface area contributed by atoms with E-state index in [2.05, 4.69) is 25.7 Å². The van der Waals surface area contributed by atoms with Crippen molar-refractivity contribution in [1.82, 2.24) is 4.90 Å². The van der Waals surface area contributed by atoms with E-state index in [0.29, 0.717) is 5.54 Å². The van der Waals surface area contributed by atoms with Crippen molar-refractivity contribution in [3.05, 3.63) is 0 Å². The summed E-state index contributed by atoms with van der Waals surface area (Å²) in [6, 6.07) is 0. The molecule has 2 nitrogen and oxygen atoms in total. The molecule has 1 unspecified atom stereocenters. The van der Waals surface area contributed by atoms with Crippen molar-refractivity contribution < 1.29 is 0 Å². The van der Waals surface area contributed by atoms with Crippen LogP contribution >= 0.6 is 0 Å². The topological polar surface area (TPSA) is 29.3 Å². The van der Waals surface area contributed by atoms with E-state index in [9.17, 15) is 0 Å². The maximum atomic E-state index is 6.24. The Balaban J connectivity index is 1.99. The second kappa shape index (κ2) is 6.58. The van der Waals surface area contributed by atoms with Crippen LogP contribution < -0.4 is 5.73 Å². The summed E-state index contributed by atoms with van der Waals surface area (Å²) >= 11 is 0. The van der Waals surface area contributed by atoms with Crippen LogP contribution in [-0.2, 0) is 0 Å². The predicted octanol–water partition coefficient (Wildman–Crippen LogP) is 3.65. The molecule has 1 aliphatic carbocycles. The first-order chi connectivity index (χ1) is 9.11. The second-order valence-corrected chi connectivity index (χ2v) is 7.37. The molecule has 2 heteroatoms. The van der Waals surface area contributed by atoms with Crippen molar-refractivity contribution in [2.24, 2.45) is 23.5 Å². The van der Waals surface area contributed by atoms with Gasteiger partial charge in [0.05, 0.1) is 0 Å². The van der Waals surface area contributed by atoms with Crippen LogP contribution in [0.25, 0.3) is 0 Å². The lowest BCUT2D eigenvalue weighted by molar-refractivity contribution is 0.00406. The molecule has 0 aromatic rings. The van der Waals surface area contributed by atoms with Gasteiger partial charge in [0.2, 0.25) is 0 Å². The molecule has 0 amide bonds. The van der Waals surface area contributed by atoms with Gasteiger partial charge >= 0.3 is 0 Å². The summed E-state index contributed by atoms with van der Waals surface area (Å²) in [7, 11) is 0. The van der Waals surface area contributed by atoms with Gasteiger partial charge in [0, 0.05) is 18.6 Å². The summed E-state index contributed by atoms with van der Waals surface area (Å²) in [6.07, 6.45) is 9.61. The van der Waals surface area contributed by atoms with Gasteiger partial charge in [0.25, 0.3) is 0 Å². The third-order valence-corrected chi connectivity index (χ3v) is 6.05. The Morgan fingerprint density at radius 1 is 1.21 bits per heavy atom. The van der Waals surface area contributed by atoms with Crippen LogP contribution in [0.15, 0.2) is 0 Å². The highest BCUT2D eigenvalue weighted by molar-refractivity contribution is 4.97. The molecule has 2 N–H and O–H groups in total. The molecule has 0 bridgehead atoms. The van der Waals surface area contributed by atoms with Crippen molar-refractivity contribution in [2.45, 2.75) is 71.3 Å². The molecule has 1 heterocycles. The van der Waals surface area contributed by atoms with Gasteiger partial charge in [-0.3, -0.25) is 4.90 Å². The Kier molecular flexibility index (Phi) is 5.30. The van der Waals surface area contributed by atoms with Crippen LogP contribution in [0.1, 0.15) is 65.7 Å². The van der Waals surface area contributed by atoms with Gasteiger partial charge in [-0.05, 0) is 62.8 Å². The first-order valence-corrected chi connectivity index (χ1v) is 8.56. The van der Waals surface area contributed by atoms with Gasteiger partial charge in [-0.25, -0.2) is 0 Å². The predicted molar refractivity (Wildman–Crippen MR) is 83.2 cm³/mol. The Bertz CT molecular complexity index is 266. The Labute approximate surface area is 120 Å². The first kappa shape index (κ1) is 15.3. The van der Waals surface area contributed by atoms with E-state index in [1.54, 1.807) is 0 Å². The average Bonchev–Trinajstić information content (AvgIpc) is 2.47. The van der Waals surface area contributed by atoms with E-state index >= 15 is 0 Å². The molecular weight excluding hydrogens is 232 g/mol. The van der Waals surface area contributed by atoms with Crippen LogP contribution in [0.2, 0.25) is 0 Å². The van der Waals surface area contributed by atoms with E-state index < -0.39 is 0 Å². The minimum Gasteiger partial charge on any atom is -0.329 e. The van der Waals surface area contributed by atoms with E-state index in [0.717, 1.165) is 24.3 Å². The minimum absolute atomic E-state index is 0.346. The summed E-state index contributed by atoms with van der Waals surface area (Å²) in [6.45, 7) is 10.6. The quantitative estimate of drug-likeness (QED) is 0.841. The van der Waals surface area contributed by atoms with Crippen LogP contribution in [0, 0.1) is 17.8 Å². The lowest BCUT2D eigenvalue weighted by Crippen LogP contribution is -2.58. The number of likely N-dealkylation sites (tertiary alicyclic amines) is 1. The third-order valence-electron chi connectivity index (χ3n) is 6.05. The molecule has 1 aliphatic heterocycles. The van der Waals surface area contributed by atoms with Gasteiger partial charge in [0.1, 0.15) is 0 Å². The maximum absolute atomic E-state index is 6.24. The Hall–Kier alpha value is -0.0800. The average molecular weight is 266 g/mol. The van der Waals surface area contributed by atoms with Gasteiger partial charge < -0.3 is 5.73 Å². The summed E-state index contributed by atoms with van der Waals surface area (Å²) in [5.41, 5.74) is 6.58. The fourth-order valence-electron chi connectivity index (χ4n) is 4.32. The number of piperidine rings is 1. The highest BCUT2D eigenvalue weighted by Gasteiger charge is 2.41. The van der Waals surface area contributed by atoms with Crippen molar-refractivity contribution in [3.8, 4) is 0 Å². The van der Waals surface area contributed by atoms with E-state index in [1.165, 1.54) is 58.0 Å². The Morgan fingerprint density at radius 3 is 2.42 bits per heavy atom. The Morgan fingerprint density at radius 2 is 1.89 bits per heavy atom. The van der Waals surface area contributed by atoms with Crippen LogP contribution in [0.5, 0.6) is 0 Å². The number of rotatable bonds is 4. The zero-order valence-electron chi connectivity index (χ0n) is 13.3. The van der Waals surface area contributed by atoms with Crippen molar-refractivity contribution >= 4 is 0 Å². The van der Waals surface area contributed by atoms with Crippen LogP contribution in [0.4, 0.5) is 0 Å². The van der Waals surface area contributed by atoms with Crippen molar-refractivity contribution in [1.29, 1.82) is 0 Å². The summed E-state index contributed by atoms with van der Waals surface area (Å²) < 4.78 is 0. The second-order valence-electron chi connectivity index (χ2n) is 7.37. The molecule has 0 aromatic carbocycles. The number of hydrogen-bond donors (Lipinski definition) is 1. The lowest BCUT2D eigenvalue weighted by Gasteiger charge is -2.51. The normalized spacial score (nSPS) is 37.7. The number of hydrogen-bond acceptors (Lipinski definition) is 2. The monoisotopic (exact) mass is 266 g/mol. The maximum Gasteiger partial charge on any atom is 0.0332 e. The third kappa shape index (κ3) is 3.33. The molecule has 2 rings (SSSR count). The highest BCUT2D eigenvalue weighted by Crippen LogP contribution is 2.40. The fraction of sp³-hybridized carbons (Fsp3) is 1.00. The van der Waals surface area contributed by atoms with Gasteiger partial charge in [0.15, 0.2) is 0 Å². The highest BCUT2D eigenvalue weighted by atomic mass is 15.2. The number of nitrogens with two attached hydrogens (primary N) is 1. The van der Waals surface area contributed by atoms with Crippen molar-refractivity contribution in [2.75, 3.05) is 19.6 Å². The van der Waals surface area contributed by atoms with Crippen molar-refractivity contribution in [3.63, 3.8) is 0 Å². The van der Waals surface area contributed by atoms with E-state index in [-0.39, 0.29) is 0 Å². The minimum atomic E-state index is 0.346. The molecule has 0 aromatic heterocycles. The SMILES string of the molecule is CCC1CCCN(C2(CN)CCC(C(C)C)CC2)C1. The molecular formula is C17H34N2. The smallest absolute Gasteiger partial charge is 0.0332 e. The summed E-state index contributed by atoms with van der Waals surface area (Å²) in [5, 5.41) is 0.